The fourth-order valence-corrected chi connectivity index (χ4v) is 3.45. The Morgan fingerprint density at radius 1 is 1.13 bits per heavy atom. The van der Waals surface area contributed by atoms with Gasteiger partial charge in [-0.25, -0.2) is 0 Å². The van der Waals surface area contributed by atoms with Crippen molar-refractivity contribution in [1.29, 1.82) is 0 Å². The van der Waals surface area contributed by atoms with Gasteiger partial charge in [0.2, 0.25) is 0 Å². The molecule has 0 spiro atoms. The fraction of sp³-hybridized carbons (Fsp3) is 0.333. The SMILES string of the molecule is CCCCSc1nnc(-c2ccccc2C)n1Cc1ccco1. The van der Waals surface area contributed by atoms with Crippen LogP contribution in [0.5, 0.6) is 0 Å². The summed E-state index contributed by atoms with van der Waals surface area (Å²) in [5, 5.41) is 9.83. The van der Waals surface area contributed by atoms with Gasteiger partial charge in [0.05, 0.1) is 12.8 Å². The smallest absolute Gasteiger partial charge is 0.191 e. The monoisotopic (exact) mass is 327 g/mol. The van der Waals surface area contributed by atoms with E-state index in [1.807, 2.05) is 24.3 Å². The highest BCUT2D eigenvalue weighted by atomic mass is 32.2. The van der Waals surface area contributed by atoms with E-state index in [4.69, 9.17) is 4.42 Å². The summed E-state index contributed by atoms with van der Waals surface area (Å²) in [6.07, 6.45) is 4.07. The highest BCUT2D eigenvalue weighted by Gasteiger charge is 2.16. The first-order chi connectivity index (χ1) is 11.3. The van der Waals surface area contributed by atoms with Gasteiger partial charge in [0, 0.05) is 11.3 Å². The Kier molecular flexibility index (Phi) is 5.18. The predicted octanol–water partition coefficient (Wildman–Crippen LogP) is 4.79. The van der Waals surface area contributed by atoms with Crippen molar-refractivity contribution in [2.24, 2.45) is 0 Å². The van der Waals surface area contributed by atoms with Gasteiger partial charge in [0.15, 0.2) is 11.0 Å². The molecular weight excluding hydrogens is 306 g/mol. The Labute approximate surface area is 140 Å². The maximum atomic E-state index is 5.52. The van der Waals surface area contributed by atoms with Gasteiger partial charge in [-0.1, -0.05) is 49.4 Å². The number of hydrogen-bond donors (Lipinski definition) is 0. The van der Waals surface area contributed by atoms with E-state index < -0.39 is 0 Å². The molecule has 120 valence electrons. The number of unbranched alkanes of at least 4 members (excludes halogenated alkanes) is 1. The quantitative estimate of drug-likeness (QED) is 0.462. The van der Waals surface area contributed by atoms with E-state index >= 15 is 0 Å². The summed E-state index contributed by atoms with van der Waals surface area (Å²) in [5.74, 6) is 2.87. The largest absolute Gasteiger partial charge is 0.467 e. The summed E-state index contributed by atoms with van der Waals surface area (Å²) in [5.41, 5.74) is 2.32. The van der Waals surface area contributed by atoms with Gasteiger partial charge in [0.1, 0.15) is 5.76 Å². The second-order valence-corrected chi connectivity index (χ2v) is 6.55. The first-order valence-electron chi connectivity index (χ1n) is 7.94. The number of benzene rings is 1. The Bertz CT molecular complexity index is 749. The van der Waals surface area contributed by atoms with Crippen LogP contribution in [0.4, 0.5) is 0 Å². The molecule has 0 aliphatic carbocycles. The minimum absolute atomic E-state index is 0.651. The summed E-state index contributed by atoms with van der Waals surface area (Å²) in [4.78, 5) is 0. The van der Waals surface area contributed by atoms with Crippen LogP contribution in [0.1, 0.15) is 31.1 Å². The minimum atomic E-state index is 0.651. The summed E-state index contributed by atoms with van der Waals surface area (Å²) in [6, 6.07) is 12.2. The first-order valence-corrected chi connectivity index (χ1v) is 8.92. The van der Waals surface area contributed by atoms with Crippen molar-refractivity contribution in [2.75, 3.05) is 5.75 Å². The van der Waals surface area contributed by atoms with Crippen LogP contribution < -0.4 is 0 Å². The van der Waals surface area contributed by atoms with Gasteiger partial charge in [-0.05, 0) is 31.0 Å². The molecule has 5 heteroatoms. The lowest BCUT2D eigenvalue weighted by molar-refractivity contribution is 0.485. The Morgan fingerprint density at radius 2 is 2.00 bits per heavy atom. The molecule has 3 aromatic rings. The Balaban J connectivity index is 1.96. The van der Waals surface area contributed by atoms with E-state index in [1.165, 1.54) is 18.4 Å². The maximum absolute atomic E-state index is 5.52. The van der Waals surface area contributed by atoms with Crippen LogP contribution in [0.25, 0.3) is 11.4 Å². The molecule has 0 saturated heterocycles. The summed E-state index contributed by atoms with van der Waals surface area (Å²) in [6.45, 7) is 4.95. The summed E-state index contributed by atoms with van der Waals surface area (Å²) in [7, 11) is 0. The molecule has 23 heavy (non-hydrogen) atoms. The molecule has 2 heterocycles. The van der Waals surface area contributed by atoms with Crippen molar-refractivity contribution in [3.8, 4) is 11.4 Å². The number of thioether (sulfide) groups is 1. The highest BCUT2D eigenvalue weighted by molar-refractivity contribution is 7.99. The number of aromatic nitrogens is 3. The number of furan rings is 1. The number of hydrogen-bond acceptors (Lipinski definition) is 4. The van der Waals surface area contributed by atoms with E-state index in [-0.39, 0.29) is 0 Å². The van der Waals surface area contributed by atoms with E-state index in [0.717, 1.165) is 28.1 Å². The zero-order valence-electron chi connectivity index (χ0n) is 13.5. The molecule has 0 radical (unpaired) electrons. The zero-order valence-corrected chi connectivity index (χ0v) is 14.3. The first kappa shape index (κ1) is 15.9. The fourth-order valence-electron chi connectivity index (χ4n) is 2.43. The van der Waals surface area contributed by atoms with Crippen molar-refractivity contribution in [1.82, 2.24) is 14.8 Å². The molecule has 0 aliphatic heterocycles. The van der Waals surface area contributed by atoms with Crippen molar-refractivity contribution in [3.63, 3.8) is 0 Å². The molecule has 1 aromatic carbocycles. The molecule has 0 aliphatic rings. The molecule has 0 bridgehead atoms. The van der Waals surface area contributed by atoms with Crippen LogP contribution in [0.2, 0.25) is 0 Å². The molecule has 0 N–H and O–H groups in total. The van der Waals surface area contributed by atoms with Crippen LogP contribution >= 0.6 is 11.8 Å². The Morgan fingerprint density at radius 3 is 2.74 bits per heavy atom. The lowest BCUT2D eigenvalue weighted by Crippen LogP contribution is -2.04. The topological polar surface area (TPSA) is 43.9 Å². The zero-order chi connectivity index (χ0) is 16.1. The van der Waals surface area contributed by atoms with Crippen LogP contribution in [-0.4, -0.2) is 20.5 Å². The lowest BCUT2D eigenvalue weighted by atomic mass is 10.1. The molecule has 0 saturated carbocycles. The van der Waals surface area contributed by atoms with Gasteiger partial charge >= 0.3 is 0 Å². The van der Waals surface area contributed by atoms with E-state index in [1.54, 1.807) is 18.0 Å². The van der Waals surface area contributed by atoms with Gasteiger partial charge in [-0.2, -0.15) is 0 Å². The average molecular weight is 327 g/mol. The number of aryl methyl sites for hydroxylation is 1. The van der Waals surface area contributed by atoms with E-state index in [0.29, 0.717) is 6.54 Å². The van der Waals surface area contributed by atoms with Gasteiger partial charge in [0.25, 0.3) is 0 Å². The Hall–Kier alpha value is -2.01. The summed E-state index contributed by atoms with van der Waals surface area (Å²) >= 11 is 1.76. The summed E-state index contributed by atoms with van der Waals surface area (Å²) < 4.78 is 7.68. The third kappa shape index (κ3) is 3.67. The van der Waals surface area contributed by atoms with Crippen LogP contribution in [-0.2, 0) is 6.54 Å². The minimum Gasteiger partial charge on any atom is -0.467 e. The third-order valence-electron chi connectivity index (χ3n) is 3.73. The average Bonchev–Trinajstić information content (AvgIpc) is 3.20. The van der Waals surface area contributed by atoms with E-state index in [2.05, 4.69) is 40.7 Å². The predicted molar refractivity (Wildman–Crippen MR) is 93.6 cm³/mol. The molecule has 0 unspecified atom stereocenters. The molecule has 0 fully saturated rings. The van der Waals surface area contributed by atoms with Crippen LogP contribution in [0.15, 0.2) is 52.2 Å². The van der Waals surface area contributed by atoms with Crippen molar-refractivity contribution < 1.29 is 4.42 Å². The number of nitrogens with zero attached hydrogens (tertiary/aromatic N) is 3. The molecule has 0 amide bonds. The third-order valence-corrected chi connectivity index (χ3v) is 4.78. The van der Waals surface area contributed by atoms with Crippen molar-refractivity contribution in [3.05, 3.63) is 54.0 Å². The second-order valence-electron chi connectivity index (χ2n) is 5.49. The lowest BCUT2D eigenvalue weighted by Gasteiger charge is -2.10. The van der Waals surface area contributed by atoms with Crippen LogP contribution in [0, 0.1) is 6.92 Å². The molecule has 3 rings (SSSR count). The van der Waals surface area contributed by atoms with Gasteiger partial charge in [-0.3, -0.25) is 4.57 Å². The standard InChI is InChI=1S/C18H21N3OS/c1-3-4-12-23-18-20-19-17(16-10-6-5-8-14(16)2)21(18)13-15-9-7-11-22-15/h5-11H,3-4,12-13H2,1-2H3. The molecule has 0 atom stereocenters. The van der Waals surface area contributed by atoms with Crippen LogP contribution in [0.3, 0.4) is 0 Å². The van der Waals surface area contributed by atoms with Crippen molar-refractivity contribution >= 4 is 11.8 Å². The maximum Gasteiger partial charge on any atom is 0.191 e. The number of rotatable bonds is 7. The second kappa shape index (κ2) is 7.51. The molecule has 4 nitrogen and oxygen atoms in total. The van der Waals surface area contributed by atoms with Crippen molar-refractivity contribution in [2.45, 2.75) is 38.4 Å². The molecular formula is C18H21N3OS. The van der Waals surface area contributed by atoms with Gasteiger partial charge < -0.3 is 4.42 Å². The highest BCUT2D eigenvalue weighted by Crippen LogP contribution is 2.27. The molecule has 2 aromatic heterocycles. The normalized spacial score (nSPS) is 11.0. The van der Waals surface area contributed by atoms with Gasteiger partial charge in [-0.15, -0.1) is 10.2 Å². The van der Waals surface area contributed by atoms with E-state index in [9.17, 15) is 0 Å².